The second kappa shape index (κ2) is 9.09. The zero-order chi connectivity index (χ0) is 18.4. The van der Waals surface area contributed by atoms with Crippen LogP contribution in [0, 0.1) is 5.92 Å². The van der Waals surface area contributed by atoms with Gasteiger partial charge in [0, 0.05) is 78.3 Å². The Morgan fingerprint density at radius 2 is 1.96 bits per heavy atom. The standard InChI is InChI=1S/C19H28N4O3/c1-26-12-2-7-21-8-10-22(11-9-21)19(25)17-13-18(24)23(15-17)14-16-3-5-20-6-4-16/h3-6,17H,2,7-15H2,1H3/t17-/m1/s1. The number of methoxy groups -OCH3 is 1. The predicted octanol–water partition coefficient (Wildman–Crippen LogP) is 0.611. The first-order valence-corrected chi connectivity index (χ1v) is 9.34. The van der Waals surface area contributed by atoms with E-state index in [1.807, 2.05) is 17.0 Å². The molecule has 1 aromatic rings. The number of hydrogen-bond donors (Lipinski definition) is 0. The van der Waals surface area contributed by atoms with Gasteiger partial charge in [-0.1, -0.05) is 0 Å². The molecular weight excluding hydrogens is 332 g/mol. The lowest BCUT2D eigenvalue weighted by molar-refractivity contribution is -0.137. The highest BCUT2D eigenvalue weighted by Crippen LogP contribution is 2.22. The number of pyridine rings is 1. The highest BCUT2D eigenvalue weighted by atomic mass is 16.5. The molecule has 2 amide bonds. The number of carbonyl (C=O) groups excluding carboxylic acids is 2. The van der Waals surface area contributed by atoms with Crippen LogP contribution in [0.25, 0.3) is 0 Å². The molecule has 0 N–H and O–H groups in total. The van der Waals surface area contributed by atoms with Crippen molar-refractivity contribution >= 4 is 11.8 Å². The van der Waals surface area contributed by atoms with Crippen molar-refractivity contribution in [1.29, 1.82) is 0 Å². The maximum atomic E-state index is 12.8. The number of carbonyl (C=O) groups is 2. The summed E-state index contributed by atoms with van der Waals surface area (Å²) in [6.45, 7) is 6.16. The van der Waals surface area contributed by atoms with Gasteiger partial charge < -0.3 is 14.5 Å². The van der Waals surface area contributed by atoms with Crippen molar-refractivity contribution in [3.8, 4) is 0 Å². The van der Waals surface area contributed by atoms with Gasteiger partial charge in [0.05, 0.1) is 5.92 Å². The zero-order valence-electron chi connectivity index (χ0n) is 15.5. The molecule has 2 fully saturated rings. The largest absolute Gasteiger partial charge is 0.385 e. The minimum Gasteiger partial charge on any atom is -0.385 e. The third-order valence-electron chi connectivity index (χ3n) is 5.19. The Hall–Kier alpha value is -1.99. The number of aromatic nitrogens is 1. The SMILES string of the molecule is COCCCN1CCN(C(=O)[C@@H]2CC(=O)N(Cc3ccncc3)C2)CC1. The Labute approximate surface area is 154 Å². The van der Waals surface area contributed by atoms with Crippen molar-refractivity contribution < 1.29 is 14.3 Å². The molecule has 2 aliphatic heterocycles. The molecule has 142 valence electrons. The van der Waals surface area contributed by atoms with Crippen molar-refractivity contribution in [3.63, 3.8) is 0 Å². The van der Waals surface area contributed by atoms with Gasteiger partial charge in [-0.3, -0.25) is 19.5 Å². The van der Waals surface area contributed by atoms with Gasteiger partial charge in [0.1, 0.15) is 0 Å². The molecule has 0 unspecified atom stereocenters. The van der Waals surface area contributed by atoms with E-state index in [1.165, 1.54) is 0 Å². The van der Waals surface area contributed by atoms with Crippen LogP contribution >= 0.6 is 0 Å². The fourth-order valence-electron chi connectivity index (χ4n) is 3.68. The molecule has 0 aliphatic carbocycles. The van der Waals surface area contributed by atoms with Crippen LogP contribution in [0.15, 0.2) is 24.5 Å². The molecule has 0 bridgehead atoms. The van der Waals surface area contributed by atoms with Crippen molar-refractivity contribution in [1.82, 2.24) is 19.7 Å². The first-order chi connectivity index (χ1) is 12.7. The summed E-state index contributed by atoms with van der Waals surface area (Å²) in [4.78, 5) is 35.2. The number of rotatable bonds is 7. The lowest BCUT2D eigenvalue weighted by Crippen LogP contribution is -2.50. The molecule has 0 spiro atoms. The molecule has 0 saturated carbocycles. The minimum absolute atomic E-state index is 0.0679. The third-order valence-corrected chi connectivity index (χ3v) is 5.19. The molecular formula is C19H28N4O3. The first kappa shape index (κ1) is 18.8. The summed E-state index contributed by atoms with van der Waals surface area (Å²) in [5.41, 5.74) is 1.05. The third kappa shape index (κ3) is 4.80. The van der Waals surface area contributed by atoms with E-state index in [0.29, 0.717) is 19.5 Å². The molecule has 7 heteroatoms. The second-order valence-corrected chi connectivity index (χ2v) is 7.04. The highest BCUT2D eigenvalue weighted by Gasteiger charge is 2.37. The van der Waals surface area contributed by atoms with Gasteiger partial charge in [0.15, 0.2) is 0 Å². The van der Waals surface area contributed by atoms with E-state index >= 15 is 0 Å². The van der Waals surface area contributed by atoms with Gasteiger partial charge >= 0.3 is 0 Å². The van der Waals surface area contributed by atoms with Gasteiger partial charge in [0.2, 0.25) is 11.8 Å². The Bertz CT molecular complexity index is 602. The van der Waals surface area contributed by atoms with E-state index in [1.54, 1.807) is 24.4 Å². The van der Waals surface area contributed by atoms with E-state index in [9.17, 15) is 9.59 Å². The summed E-state index contributed by atoms with van der Waals surface area (Å²) >= 11 is 0. The molecule has 3 heterocycles. The molecule has 0 aromatic carbocycles. The van der Waals surface area contributed by atoms with Gasteiger partial charge in [0.25, 0.3) is 0 Å². The average Bonchev–Trinajstić information content (AvgIpc) is 3.03. The monoisotopic (exact) mass is 360 g/mol. The van der Waals surface area contributed by atoms with Gasteiger partial charge in [-0.15, -0.1) is 0 Å². The van der Waals surface area contributed by atoms with Gasteiger partial charge in [-0.05, 0) is 24.1 Å². The fraction of sp³-hybridized carbons (Fsp3) is 0.632. The van der Waals surface area contributed by atoms with Gasteiger partial charge in [-0.2, -0.15) is 0 Å². The van der Waals surface area contributed by atoms with E-state index in [-0.39, 0.29) is 17.7 Å². The number of amides is 2. The Balaban J connectivity index is 1.46. The van der Waals surface area contributed by atoms with Crippen molar-refractivity contribution in [2.24, 2.45) is 5.92 Å². The summed E-state index contributed by atoms with van der Waals surface area (Å²) in [6, 6.07) is 3.82. The minimum atomic E-state index is -0.204. The zero-order valence-corrected chi connectivity index (χ0v) is 15.5. The van der Waals surface area contributed by atoms with Crippen LogP contribution in [0.4, 0.5) is 0 Å². The molecule has 2 aliphatic rings. The number of piperazine rings is 1. The molecule has 0 radical (unpaired) electrons. The predicted molar refractivity (Wildman–Crippen MR) is 97.3 cm³/mol. The van der Waals surface area contributed by atoms with Crippen LogP contribution in [0.1, 0.15) is 18.4 Å². The summed E-state index contributed by atoms with van der Waals surface area (Å²) in [7, 11) is 1.72. The summed E-state index contributed by atoms with van der Waals surface area (Å²) in [5.74, 6) is -0.00476. The molecule has 1 aromatic heterocycles. The van der Waals surface area contributed by atoms with Gasteiger partial charge in [-0.25, -0.2) is 0 Å². The Morgan fingerprint density at radius 1 is 1.23 bits per heavy atom. The maximum Gasteiger partial charge on any atom is 0.228 e. The normalized spacial score (nSPS) is 21.4. The molecule has 26 heavy (non-hydrogen) atoms. The number of ether oxygens (including phenoxy) is 1. The first-order valence-electron chi connectivity index (χ1n) is 9.34. The Morgan fingerprint density at radius 3 is 2.65 bits per heavy atom. The average molecular weight is 360 g/mol. The van der Waals surface area contributed by atoms with Crippen LogP contribution in [-0.2, 0) is 20.9 Å². The highest BCUT2D eigenvalue weighted by molar-refractivity contribution is 5.89. The number of nitrogens with zero attached hydrogens (tertiary/aromatic N) is 4. The molecule has 2 saturated heterocycles. The Kier molecular flexibility index (Phi) is 6.57. The smallest absolute Gasteiger partial charge is 0.228 e. The summed E-state index contributed by atoms with van der Waals surface area (Å²) in [6.07, 6.45) is 4.80. The lowest BCUT2D eigenvalue weighted by Gasteiger charge is -2.35. The van der Waals surface area contributed by atoms with Crippen molar-refractivity contribution in [2.45, 2.75) is 19.4 Å². The van der Waals surface area contributed by atoms with Crippen LogP contribution in [0.2, 0.25) is 0 Å². The van der Waals surface area contributed by atoms with Crippen LogP contribution in [-0.4, -0.2) is 84.5 Å². The van der Waals surface area contributed by atoms with Crippen molar-refractivity contribution in [2.75, 3.05) is 53.0 Å². The van der Waals surface area contributed by atoms with E-state index < -0.39 is 0 Å². The number of hydrogen-bond acceptors (Lipinski definition) is 5. The van der Waals surface area contributed by atoms with Crippen molar-refractivity contribution in [3.05, 3.63) is 30.1 Å². The molecule has 7 nitrogen and oxygen atoms in total. The van der Waals surface area contributed by atoms with E-state index in [0.717, 1.165) is 51.3 Å². The topological polar surface area (TPSA) is 66.0 Å². The second-order valence-electron chi connectivity index (χ2n) is 7.04. The van der Waals surface area contributed by atoms with Crippen LogP contribution < -0.4 is 0 Å². The lowest BCUT2D eigenvalue weighted by atomic mass is 10.1. The molecule has 3 rings (SSSR count). The fourth-order valence-corrected chi connectivity index (χ4v) is 3.68. The number of likely N-dealkylation sites (tertiary alicyclic amines) is 1. The quantitative estimate of drug-likeness (QED) is 0.667. The molecule has 1 atom stereocenters. The van der Waals surface area contributed by atoms with E-state index in [4.69, 9.17) is 4.74 Å². The summed E-state index contributed by atoms with van der Waals surface area (Å²) < 4.78 is 5.09. The van der Waals surface area contributed by atoms with Crippen LogP contribution in [0.5, 0.6) is 0 Å². The van der Waals surface area contributed by atoms with E-state index in [2.05, 4.69) is 9.88 Å². The maximum absolute atomic E-state index is 12.8. The summed E-state index contributed by atoms with van der Waals surface area (Å²) in [5, 5.41) is 0. The van der Waals surface area contributed by atoms with Crippen LogP contribution in [0.3, 0.4) is 0 Å².